The normalized spacial score (nSPS) is 51.5. The van der Waals surface area contributed by atoms with Crippen LogP contribution >= 0.6 is 79.2 Å². The van der Waals surface area contributed by atoms with Crippen molar-refractivity contribution in [2.45, 2.75) is 75.7 Å². The number of rotatable bonds is 2. The van der Waals surface area contributed by atoms with Crippen molar-refractivity contribution < 1.29 is 14.3 Å². The van der Waals surface area contributed by atoms with Gasteiger partial charge in [0, 0.05) is 16.6 Å². The summed E-state index contributed by atoms with van der Waals surface area (Å²) in [4.78, 5) is 23.5. The number of ketones is 1. The van der Waals surface area contributed by atoms with Gasteiger partial charge in [-0.3, -0.25) is 9.59 Å². The Balaban J connectivity index is 0.000000961. The molecular formula is C22H38O3S6. The van der Waals surface area contributed by atoms with Gasteiger partial charge in [-0.25, -0.2) is 0 Å². The Morgan fingerprint density at radius 2 is 1.77 bits per heavy atom. The molecule has 1 saturated heterocycles. The summed E-state index contributed by atoms with van der Waals surface area (Å²) in [5.41, 5.74) is 2.73. The van der Waals surface area contributed by atoms with Crippen molar-refractivity contribution in [2.24, 2.45) is 34.5 Å². The van der Waals surface area contributed by atoms with Crippen molar-refractivity contribution in [3.8, 4) is 0 Å². The lowest BCUT2D eigenvalue weighted by molar-refractivity contribution is -0.117. The second kappa shape index (κ2) is 8.98. The smallest absolute Gasteiger partial charge is 0.176 e. The molecule has 9 heteroatoms. The van der Waals surface area contributed by atoms with Crippen molar-refractivity contribution in [1.29, 1.82) is 0 Å². The predicted octanol–water partition coefficient (Wildman–Crippen LogP) is 4.75. The Morgan fingerprint density at radius 1 is 1.10 bits per heavy atom. The van der Waals surface area contributed by atoms with E-state index in [0.717, 1.165) is 24.9 Å². The number of hydrogen-bond acceptors (Lipinski definition) is 4. The molecule has 3 nitrogen and oxygen atoms in total. The highest BCUT2D eigenvalue weighted by atomic mass is 32.2. The maximum absolute atomic E-state index is 12.1. The van der Waals surface area contributed by atoms with Gasteiger partial charge in [0.05, 0.1) is 6.10 Å². The van der Waals surface area contributed by atoms with Gasteiger partial charge in [-0.05, 0) is 74.2 Å². The molecule has 0 bridgehead atoms. The summed E-state index contributed by atoms with van der Waals surface area (Å²) < 4.78 is 6.74. The van der Waals surface area contributed by atoms with Gasteiger partial charge in [0.25, 0.3) is 0 Å². The zero-order valence-electron chi connectivity index (χ0n) is 18.4. The van der Waals surface area contributed by atoms with Crippen LogP contribution in [0.25, 0.3) is 0 Å². The van der Waals surface area contributed by atoms with E-state index < -0.39 is 0 Å². The quantitative estimate of drug-likeness (QED) is 0.373. The molecule has 6 aliphatic rings. The van der Waals surface area contributed by atoms with E-state index in [1.807, 2.05) is 6.08 Å². The lowest BCUT2D eigenvalue weighted by atomic mass is 9.46. The van der Waals surface area contributed by atoms with Crippen LogP contribution in [0, 0.1) is 34.5 Å². The van der Waals surface area contributed by atoms with E-state index in [1.54, 1.807) is 0 Å². The fourth-order valence-electron chi connectivity index (χ4n) is 8.34. The lowest BCUT2D eigenvalue weighted by Crippen LogP contribution is -2.59. The summed E-state index contributed by atoms with van der Waals surface area (Å²) in [5.74, 6) is 2.94. The third kappa shape index (κ3) is 3.33. The summed E-state index contributed by atoms with van der Waals surface area (Å²) >= 11 is 1.53. The molecule has 0 aromatic carbocycles. The first-order valence-electron chi connectivity index (χ1n) is 10.3. The Morgan fingerprint density at radius 3 is 2.42 bits per heavy atom. The van der Waals surface area contributed by atoms with Crippen LogP contribution in [0.1, 0.15) is 59.3 Å². The second-order valence-electron chi connectivity index (χ2n) is 10.5. The van der Waals surface area contributed by atoms with Crippen molar-refractivity contribution in [3.63, 3.8) is 0 Å². The monoisotopic (exact) mass is 542 g/mol. The van der Waals surface area contributed by atoms with Gasteiger partial charge in [-0.1, -0.05) is 31.2 Å². The molecule has 0 aromatic rings. The van der Waals surface area contributed by atoms with E-state index >= 15 is 0 Å². The van der Waals surface area contributed by atoms with Gasteiger partial charge in [0.15, 0.2) is 11.4 Å². The molecule has 0 amide bonds. The standard InChI is InChI=1S/C22H28O3S.5H2S/c1-19-6-4-12(24)8-16(19)13-9-14(13)18-15-5-7-21(3,26-11-23)20(15,2)10-17-22(18,19)25-17;;;;;/h8,11,13-15,17-18H,4-7,9-10H2,1-3H3;5*1H2/t13-,14+,15+,17?,18+,19+,20-,21+,22-;;;;;/m1...../s1. The minimum atomic E-state index is -0.0154. The molecule has 1 aliphatic heterocycles. The first-order chi connectivity index (χ1) is 12.3. The van der Waals surface area contributed by atoms with Crippen molar-refractivity contribution in [1.82, 2.24) is 0 Å². The van der Waals surface area contributed by atoms with Crippen LogP contribution < -0.4 is 0 Å². The van der Waals surface area contributed by atoms with E-state index in [2.05, 4.69) is 20.8 Å². The largest absolute Gasteiger partial charge is 0.365 e. The van der Waals surface area contributed by atoms with E-state index in [-0.39, 0.29) is 88.7 Å². The van der Waals surface area contributed by atoms with Crippen LogP contribution in [0.2, 0.25) is 0 Å². The highest BCUT2D eigenvalue weighted by molar-refractivity contribution is 8.13. The molecule has 1 spiro atoms. The maximum atomic E-state index is 12.1. The van der Waals surface area contributed by atoms with Gasteiger partial charge in [-0.2, -0.15) is 67.5 Å². The first-order valence-corrected chi connectivity index (χ1v) is 11.2. The molecule has 1 heterocycles. The highest BCUT2D eigenvalue weighted by Gasteiger charge is 2.84. The molecule has 0 aromatic heterocycles. The Kier molecular flexibility index (Phi) is 8.74. The number of hydrogen-bond donors (Lipinski definition) is 0. The van der Waals surface area contributed by atoms with Gasteiger partial charge < -0.3 is 4.74 Å². The molecule has 5 aliphatic carbocycles. The third-order valence-corrected chi connectivity index (χ3v) is 11.2. The van der Waals surface area contributed by atoms with Gasteiger partial charge in [0.1, 0.15) is 5.60 Å². The average Bonchev–Trinajstić information content (AvgIpc) is 3.47. The topological polar surface area (TPSA) is 46.7 Å². The number of fused-ring (bicyclic) bond motifs is 6. The summed E-state index contributed by atoms with van der Waals surface area (Å²) in [6, 6.07) is 0. The molecule has 31 heavy (non-hydrogen) atoms. The summed E-state index contributed by atoms with van der Waals surface area (Å²) in [6.07, 6.45) is 8.69. The molecule has 0 radical (unpaired) electrons. The minimum Gasteiger partial charge on any atom is -0.365 e. The molecule has 4 saturated carbocycles. The zero-order valence-corrected chi connectivity index (χ0v) is 24.2. The molecule has 0 N–H and O–H groups in total. The van der Waals surface area contributed by atoms with Crippen LogP contribution in [0.15, 0.2) is 11.6 Å². The van der Waals surface area contributed by atoms with E-state index in [0.29, 0.717) is 42.0 Å². The number of carbonyl (C=O) groups is 2. The molecule has 6 rings (SSSR count). The first kappa shape index (κ1) is 30.2. The second-order valence-corrected chi connectivity index (χ2v) is 11.9. The number of epoxide rings is 1. The Hall–Kier alpha value is 1.14. The fourth-order valence-corrected chi connectivity index (χ4v) is 9.29. The SMILES string of the molecule is C[C@]12CCC(=O)C=C1[C@@H]1C[C@@H]1[C@H]1[C@@H]3CC[C@](C)(SC=O)[C@]3(C)CC3O[C@]312.S.S.S.S.S. The molecular weight excluding hydrogens is 505 g/mol. The maximum Gasteiger partial charge on any atom is 0.176 e. The number of thioether (sulfide) groups is 1. The van der Waals surface area contributed by atoms with Crippen molar-refractivity contribution >= 4 is 90.6 Å². The highest BCUT2D eigenvalue weighted by Crippen LogP contribution is 2.82. The zero-order chi connectivity index (χ0) is 18.1. The molecule has 1 unspecified atom stereocenters. The summed E-state index contributed by atoms with van der Waals surface area (Å²) in [6.45, 7) is 7.17. The fraction of sp³-hybridized carbons (Fsp3) is 0.818. The minimum absolute atomic E-state index is 0. The third-order valence-electron chi connectivity index (χ3n) is 9.95. The molecule has 9 atom stereocenters. The van der Waals surface area contributed by atoms with Gasteiger partial charge in [-0.15, -0.1) is 0 Å². The van der Waals surface area contributed by atoms with E-state index in [1.165, 1.54) is 30.2 Å². The van der Waals surface area contributed by atoms with Crippen molar-refractivity contribution in [3.05, 3.63) is 11.6 Å². The van der Waals surface area contributed by atoms with Crippen LogP contribution in [-0.4, -0.2) is 27.9 Å². The molecule has 180 valence electrons. The Labute approximate surface area is 225 Å². The van der Waals surface area contributed by atoms with Crippen LogP contribution in [-0.2, 0) is 14.3 Å². The number of carbonyl (C=O) groups excluding carboxylic acids is 2. The average molecular weight is 543 g/mol. The van der Waals surface area contributed by atoms with Crippen LogP contribution in [0.3, 0.4) is 0 Å². The van der Waals surface area contributed by atoms with Crippen LogP contribution in [0.4, 0.5) is 0 Å². The summed E-state index contributed by atoms with van der Waals surface area (Å²) in [7, 11) is 0. The lowest BCUT2D eigenvalue weighted by Gasteiger charge is -2.57. The molecule has 5 fully saturated rings. The Bertz CT molecular complexity index is 791. The van der Waals surface area contributed by atoms with Gasteiger partial charge in [0.2, 0.25) is 0 Å². The predicted molar refractivity (Wildman–Crippen MR) is 153 cm³/mol. The van der Waals surface area contributed by atoms with Crippen molar-refractivity contribution in [2.75, 3.05) is 0 Å². The van der Waals surface area contributed by atoms with Crippen LogP contribution in [0.5, 0.6) is 0 Å². The van der Waals surface area contributed by atoms with E-state index in [4.69, 9.17) is 4.74 Å². The summed E-state index contributed by atoms with van der Waals surface area (Å²) in [5, 5.41) is 0. The number of ether oxygens (including phenoxy) is 1. The van der Waals surface area contributed by atoms with Gasteiger partial charge >= 0.3 is 0 Å². The van der Waals surface area contributed by atoms with E-state index in [9.17, 15) is 9.59 Å².